The van der Waals surface area contributed by atoms with Crippen molar-refractivity contribution in [3.05, 3.63) is 72.9 Å². The minimum absolute atomic E-state index is 0.0134. The van der Waals surface area contributed by atoms with Crippen molar-refractivity contribution in [1.82, 2.24) is 15.2 Å². The molecule has 172 valence electrons. The number of hydrogen-bond donors (Lipinski definition) is 2. The van der Waals surface area contributed by atoms with E-state index in [4.69, 9.17) is 0 Å². The van der Waals surface area contributed by atoms with E-state index in [1.807, 2.05) is 25.1 Å². The van der Waals surface area contributed by atoms with Gasteiger partial charge < -0.3 is 5.32 Å². The molecule has 0 bridgehead atoms. The van der Waals surface area contributed by atoms with Crippen molar-refractivity contribution in [3.63, 3.8) is 0 Å². The van der Waals surface area contributed by atoms with Crippen LogP contribution in [0.5, 0.6) is 0 Å². The highest BCUT2D eigenvalue weighted by molar-refractivity contribution is 7.92. The Kier molecular flexibility index (Phi) is 5.62. The van der Waals surface area contributed by atoms with Gasteiger partial charge in [-0.05, 0) is 61.4 Å². The molecule has 4 aromatic rings. The molecule has 0 radical (unpaired) electrons. The van der Waals surface area contributed by atoms with Gasteiger partial charge in [-0.15, -0.1) is 10.2 Å². The molecule has 1 aliphatic carbocycles. The number of carbonyl (C=O) groups excluding carboxylic acids is 1. The highest BCUT2D eigenvalue weighted by Gasteiger charge is 2.44. The zero-order chi connectivity index (χ0) is 23.8. The van der Waals surface area contributed by atoms with Gasteiger partial charge in [0.2, 0.25) is 5.91 Å². The van der Waals surface area contributed by atoms with Gasteiger partial charge in [-0.2, -0.15) is 0 Å². The molecule has 1 fully saturated rings. The van der Waals surface area contributed by atoms with E-state index in [-0.39, 0.29) is 16.2 Å². The number of nitrogens with one attached hydrogen (secondary N) is 2. The first-order valence-corrected chi connectivity index (χ1v) is 12.9. The number of anilines is 2. The normalized spacial score (nSPS) is 14.4. The van der Waals surface area contributed by atoms with E-state index in [1.165, 1.54) is 17.4 Å². The third-order valence-electron chi connectivity index (χ3n) is 5.64. The van der Waals surface area contributed by atoms with Crippen molar-refractivity contribution in [1.29, 1.82) is 0 Å². The van der Waals surface area contributed by atoms with Crippen molar-refractivity contribution in [3.8, 4) is 21.3 Å². The molecule has 8 nitrogen and oxygen atoms in total. The summed E-state index contributed by atoms with van der Waals surface area (Å²) < 4.78 is 28.6. The molecular formula is C24H21N5O3S2. The SMILES string of the molecule is CC1(C(=O)Nc2ccc(NS(=O)(=O)c3cccc(-c4nnc(-c5ccccn5)s4)c3)cc2)CC1. The zero-order valence-corrected chi connectivity index (χ0v) is 19.9. The lowest BCUT2D eigenvalue weighted by molar-refractivity contribution is -0.120. The topological polar surface area (TPSA) is 114 Å². The van der Waals surface area contributed by atoms with Crippen molar-refractivity contribution in [2.75, 3.05) is 10.0 Å². The molecule has 2 aromatic carbocycles. The average Bonchev–Trinajstić information content (AvgIpc) is 3.41. The van der Waals surface area contributed by atoms with E-state index in [2.05, 4.69) is 25.2 Å². The minimum Gasteiger partial charge on any atom is -0.326 e. The lowest BCUT2D eigenvalue weighted by Crippen LogP contribution is -2.21. The highest BCUT2D eigenvalue weighted by Crippen LogP contribution is 2.45. The van der Waals surface area contributed by atoms with Crippen LogP contribution < -0.4 is 10.0 Å². The molecule has 34 heavy (non-hydrogen) atoms. The summed E-state index contributed by atoms with van der Waals surface area (Å²) in [5.74, 6) is -0.0134. The van der Waals surface area contributed by atoms with Crippen LogP contribution in [0, 0.1) is 5.41 Å². The van der Waals surface area contributed by atoms with Crippen LogP contribution in [0.4, 0.5) is 11.4 Å². The van der Waals surface area contributed by atoms with E-state index in [0.717, 1.165) is 12.8 Å². The number of amides is 1. The predicted octanol–water partition coefficient (Wildman–Crippen LogP) is 4.81. The number of carbonyl (C=O) groups is 1. The molecule has 0 atom stereocenters. The summed E-state index contributed by atoms with van der Waals surface area (Å²) in [6.07, 6.45) is 3.46. The average molecular weight is 492 g/mol. The fourth-order valence-electron chi connectivity index (χ4n) is 3.26. The number of benzene rings is 2. The Morgan fingerprint density at radius 2 is 1.68 bits per heavy atom. The van der Waals surface area contributed by atoms with E-state index in [0.29, 0.717) is 32.6 Å². The van der Waals surface area contributed by atoms with E-state index in [1.54, 1.807) is 48.7 Å². The first-order valence-electron chi connectivity index (χ1n) is 10.6. The first kappa shape index (κ1) is 22.2. The molecule has 1 amide bonds. The number of pyridine rings is 1. The highest BCUT2D eigenvalue weighted by atomic mass is 32.2. The standard InChI is InChI=1S/C24H21N5O3S2/c1-24(12-13-24)23(30)26-17-8-10-18(11-9-17)29-34(31,32)19-6-4-5-16(15-19)21-27-28-22(33-21)20-7-2-3-14-25-20/h2-11,14-15,29H,12-13H2,1H3,(H,26,30). The Labute approximate surface area is 201 Å². The van der Waals surface area contributed by atoms with Crippen LogP contribution in [0.15, 0.2) is 77.8 Å². The van der Waals surface area contributed by atoms with Gasteiger partial charge in [-0.3, -0.25) is 14.5 Å². The van der Waals surface area contributed by atoms with Crippen molar-refractivity contribution in [2.24, 2.45) is 5.41 Å². The van der Waals surface area contributed by atoms with Crippen LogP contribution in [0.1, 0.15) is 19.8 Å². The monoisotopic (exact) mass is 491 g/mol. The van der Waals surface area contributed by atoms with Gasteiger partial charge in [0, 0.05) is 28.6 Å². The number of rotatable bonds is 7. The van der Waals surface area contributed by atoms with Crippen molar-refractivity contribution in [2.45, 2.75) is 24.7 Å². The molecule has 2 aromatic heterocycles. The quantitative estimate of drug-likeness (QED) is 0.384. The predicted molar refractivity (Wildman–Crippen MR) is 132 cm³/mol. The second-order valence-corrected chi connectivity index (χ2v) is 11.0. The molecule has 2 heterocycles. The fraction of sp³-hybridized carbons (Fsp3) is 0.167. The van der Waals surface area contributed by atoms with E-state index in [9.17, 15) is 13.2 Å². The molecule has 1 aliphatic rings. The Morgan fingerprint density at radius 1 is 0.941 bits per heavy atom. The third kappa shape index (κ3) is 4.68. The Balaban J connectivity index is 1.31. The largest absolute Gasteiger partial charge is 0.326 e. The summed E-state index contributed by atoms with van der Waals surface area (Å²) in [6, 6.07) is 18.7. The Bertz CT molecular complexity index is 1450. The lowest BCUT2D eigenvalue weighted by Gasteiger charge is -2.12. The summed E-state index contributed by atoms with van der Waals surface area (Å²) in [7, 11) is -3.83. The molecule has 5 rings (SSSR count). The summed E-state index contributed by atoms with van der Waals surface area (Å²) in [4.78, 5) is 16.6. The maximum absolute atomic E-state index is 13.0. The number of aromatic nitrogens is 3. The molecule has 2 N–H and O–H groups in total. The number of sulfonamides is 1. The Morgan fingerprint density at radius 3 is 2.38 bits per heavy atom. The summed E-state index contributed by atoms with van der Waals surface area (Å²) in [5.41, 5.74) is 2.10. The number of nitrogens with zero attached hydrogens (tertiary/aromatic N) is 3. The van der Waals surface area contributed by atoms with Crippen LogP contribution in [-0.2, 0) is 14.8 Å². The van der Waals surface area contributed by atoms with Gasteiger partial charge in [-0.25, -0.2) is 8.42 Å². The van der Waals surface area contributed by atoms with E-state index >= 15 is 0 Å². The third-order valence-corrected chi connectivity index (χ3v) is 8.02. The molecule has 0 saturated heterocycles. The van der Waals surface area contributed by atoms with Crippen molar-refractivity contribution < 1.29 is 13.2 Å². The maximum Gasteiger partial charge on any atom is 0.261 e. The summed E-state index contributed by atoms with van der Waals surface area (Å²) in [6.45, 7) is 1.93. The lowest BCUT2D eigenvalue weighted by atomic mass is 10.1. The Hall–Kier alpha value is -3.63. The minimum atomic E-state index is -3.83. The van der Waals surface area contributed by atoms with Crippen molar-refractivity contribution >= 4 is 38.6 Å². The van der Waals surface area contributed by atoms with Crippen LogP contribution in [0.2, 0.25) is 0 Å². The molecule has 0 unspecified atom stereocenters. The second kappa shape index (κ2) is 8.62. The summed E-state index contributed by atoms with van der Waals surface area (Å²) in [5, 5.41) is 12.5. The molecule has 1 saturated carbocycles. The molecular weight excluding hydrogens is 470 g/mol. The van der Waals surface area contributed by atoms with Crippen LogP contribution in [0.25, 0.3) is 21.3 Å². The number of hydrogen-bond acceptors (Lipinski definition) is 7. The molecule has 0 spiro atoms. The first-order chi connectivity index (χ1) is 16.3. The van der Waals surface area contributed by atoms with Gasteiger partial charge in [0.25, 0.3) is 10.0 Å². The van der Waals surface area contributed by atoms with Gasteiger partial charge in [0.15, 0.2) is 5.01 Å². The smallest absolute Gasteiger partial charge is 0.261 e. The van der Waals surface area contributed by atoms with Gasteiger partial charge in [0.05, 0.1) is 4.90 Å². The fourth-order valence-corrected chi connectivity index (χ4v) is 5.18. The van der Waals surface area contributed by atoms with Crippen LogP contribution >= 0.6 is 11.3 Å². The van der Waals surface area contributed by atoms with Gasteiger partial charge in [-0.1, -0.05) is 36.5 Å². The van der Waals surface area contributed by atoms with Gasteiger partial charge in [0.1, 0.15) is 10.7 Å². The summed E-state index contributed by atoms with van der Waals surface area (Å²) >= 11 is 1.34. The van der Waals surface area contributed by atoms with E-state index < -0.39 is 10.0 Å². The maximum atomic E-state index is 13.0. The molecule has 0 aliphatic heterocycles. The van der Waals surface area contributed by atoms with Crippen LogP contribution in [0.3, 0.4) is 0 Å². The van der Waals surface area contributed by atoms with Crippen LogP contribution in [-0.4, -0.2) is 29.5 Å². The second-order valence-electron chi connectivity index (χ2n) is 8.35. The molecule has 10 heteroatoms. The zero-order valence-electron chi connectivity index (χ0n) is 18.2. The van der Waals surface area contributed by atoms with Gasteiger partial charge >= 0.3 is 0 Å².